The van der Waals surface area contributed by atoms with Gasteiger partial charge in [-0.15, -0.1) is 0 Å². The van der Waals surface area contributed by atoms with Crippen LogP contribution in [0.25, 0.3) is 0 Å². The lowest BCUT2D eigenvalue weighted by Crippen LogP contribution is -2.47. The van der Waals surface area contributed by atoms with Gasteiger partial charge in [0.1, 0.15) is 0 Å². The van der Waals surface area contributed by atoms with Crippen molar-refractivity contribution < 1.29 is 19.4 Å². The van der Waals surface area contributed by atoms with Crippen LogP contribution in [-0.2, 0) is 9.53 Å². The van der Waals surface area contributed by atoms with Gasteiger partial charge >= 0.3 is 12.0 Å². The molecule has 0 aliphatic carbocycles. The number of carboxylic acids is 1. The van der Waals surface area contributed by atoms with Gasteiger partial charge in [0.2, 0.25) is 0 Å². The Kier molecular flexibility index (Phi) is 5.85. The van der Waals surface area contributed by atoms with Crippen LogP contribution in [0.2, 0.25) is 0 Å². The molecule has 0 aromatic carbocycles. The number of aliphatic carboxylic acids is 1. The van der Waals surface area contributed by atoms with Gasteiger partial charge in [0.25, 0.3) is 0 Å². The summed E-state index contributed by atoms with van der Waals surface area (Å²) in [6.07, 6.45) is 3.92. The number of carbonyl (C=O) groups excluding carboxylic acids is 1. The summed E-state index contributed by atoms with van der Waals surface area (Å²) < 4.78 is 5.60. The molecule has 2 heterocycles. The summed E-state index contributed by atoms with van der Waals surface area (Å²) in [4.78, 5) is 26.8. The largest absolute Gasteiger partial charge is 0.481 e. The second-order valence-corrected chi connectivity index (χ2v) is 5.96. The lowest BCUT2D eigenvalue weighted by Gasteiger charge is -2.34. The van der Waals surface area contributed by atoms with E-state index >= 15 is 0 Å². The second kappa shape index (κ2) is 7.64. The minimum absolute atomic E-state index is 0.114. The fourth-order valence-electron chi connectivity index (χ4n) is 3.22. The SMILES string of the molecule is CCOC1CCN(C(=O)N2CCC(CCC(=O)O)C2)CC1. The number of piperidine rings is 1. The van der Waals surface area contributed by atoms with Crippen molar-refractivity contribution in [2.45, 2.75) is 45.1 Å². The standard InChI is InChI=1S/C15H26N2O4/c1-2-21-13-6-9-16(10-7-13)15(20)17-8-5-12(11-17)3-4-14(18)19/h12-13H,2-11H2,1H3,(H,18,19). The maximum atomic E-state index is 12.4. The van der Waals surface area contributed by atoms with Crippen molar-refractivity contribution in [2.24, 2.45) is 5.92 Å². The van der Waals surface area contributed by atoms with Crippen LogP contribution in [-0.4, -0.2) is 65.8 Å². The first-order valence-electron chi connectivity index (χ1n) is 7.97. The van der Waals surface area contributed by atoms with Crippen molar-refractivity contribution >= 4 is 12.0 Å². The number of rotatable bonds is 5. The fourth-order valence-corrected chi connectivity index (χ4v) is 3.22. The average molecular weight is 298 g/mol. The Labute approximate surface area is 126 Å². The van der Waals surface area contributed by atoms with Gasteiger partial charge in [0.05, 0.1) is 6.10 Å². The highest BCUT2D eigenvalue weighted by atomic mass is 16.5. The predicted molar refractivity (Wildman–Crippen MR) is 78.2 cm³/mol. The summed E-state index contributed by atoms with van der Waals surface area (Å²) in [7, 11) is 0. The first kappa shape index (κ1) is 16.1. The summed E-state index contributed by atoms with van der Waals surface area (Å²) in [6, 6.07) is 0.114. The maximum absolute atomic E-state index is 12.4. The normalized spacial score (nSPS) is 23.6. The first-order chi connectivity index (χ1) is 10.1. The molecule has 0 saturated carbocycles. The summed E-state index contributed by atoms with van der Waals surface area (Å²) in [5, 5.41) is 8.72. The number of likely N-dealkylation sites (tertiary alicyclic amines) is 2. The van der Waals surface area contributed by atoms with E-state index in [1.165, 1.54) is 0 Å². The zero-order chi connectivity index (χ0) is 15.2. The lowest BCUT2D eigenvalue weighted by molar-refractivity contribution is -0.137. The van der Waals surface area contributed by atoms with Crippen LogP contribution < -0.4 is 0 Å². The van der Waals surface area contributed by atoms with Crippen LogP contribution >= 0.6 is 0 Å². The van der Waals surface area contributed by atoms with E-state index in [0.717, 1.165) is 45.5 Å². The Hall–Kier alpha value is -1.30. The molecule has 0 bridgehead atoms. The van der Waals surface area contributed by atoms with E-state index in [1.807, 2.05) is 16.7 Å². The number of nitrogens with zero attached hydrogens (tertiary/aromatic N) is 2. The molecule has 1 N–H and O–H groups in total. The van der Waals surface area contributed by atoms with Crippen molar-refractivity contribution in [1.82, 2.24) is 9.80 Å². The van der Waals surface area contributed by atoms with E-state index in [0.29, 0.717) is 25.0 Å². The van der Waals surface area contributed by atoms with Crippen molar-refractivity contribution in [3.8, 4) is 0 Å². The van der Waals surface area contributed by atoms with E-state index in [1.54, 1.807) is 0 Å². The van der Waals surface area contributed by atoms with Gasteiger partial charge in [-0.05, 0) is 38.5 Å². The summed E-state index contributed by atoms with van der Waals surface area (Å²) in [5.74, 6) is -0.413. The molecule has 2 rings (SSSR count). The third-order valence-electron chi connectivity index (χ3n) is 4.44. The fraction of sp³-hybridized carbons (Fsp3) is 0.867. The van der Waals surface area contributed by atoms with Crippen LogP contribution in [0.4, 0.5) is 4.79 Å². The maximum Gasteiger partial charge on any atom is 0.320 e. The van der Waals surface area contributed by atoms with Crippen LogP contribution in [0.5, 0.6) is 0 Å². The number of hydrogen-bond donors (Lipinski definition) is 1. The molecular weight excluding hydrogens is 272 g/mol. The molecule has 6 nitrogen and oxygen atoms in total. The van der Waals surface area contributed by atoms with Gasteiger partial charge in [0, 0.05) is 39.2 Å². The molecule has 2 fully saturated rings. The molecule has 1 atom stereocenters. The summed E-state index contributed by atoms with van der Waals surface area (Å²) in [5.41, 5.74) is 0. The Morgan fingerprint density at radius 3 is 2.43 bits per heavy atom. The smallest absolute Gasteiger partial charge is 0.320 e. The van der Waals surface area contributed by atoms with Gasteiger partial charge in [-0.2, -0.15) is 0 Å². The highest BCUT2D eigenvalue weighted by molar-refractivity contribution is 5.75. The van der Waals surface area contributed by atoms with Gasteiger partial charge < -0.3 is 19.6 Å². The average Bonchev–Trinajstić information content (AvgIpc) is 2.94. The van der Waals surface area contributed by atoms with E-state index in [2.05, 4.69) is 0 Å². The minimum atomic E-state index is -0.752. The zero-order valence-electron chi connectivity index (χ0n) is 12.8. The molecule has 2 aliphatic rings. The van der Waals surface area contributed by atoms with Crippen molar-refractivity contribution in [3.05, 3.63) is 0 Å². The Balaban J connectivity index is 1.73. The van der Waals surface area contributed by atoms with E-state index in [-0.39, 0.29) is 12.5 Å². The quantitative estimate of drug-likeness (QED) is 0.840. The minimum Gasteiger partial charge on any atom is -0.481 e. The number of ether oxygens (including phenoxy) is 1. The second-order valence-electron chi connectivity index (χ2n) is 5.96. The molecule has 2 amide bonds. The third kappa shape index (κ3) is 4.59. The molecule has 6 heteroatoms. The molecule has 120 valence electrons. The summed E-state index contributed by atoms with van der Waals surface area (Å²) >= 11 is 0. The third-order valence-corrected chi connectivity index (χ3v) is 4.44. The van der Waals surface area contributed by atoms with Crippen LogP contribution in [0, 0.1) is 5.92 Å². The van der Waals surface area contributed by atoms with Crippen LogP contribution in [0.3, 0.4) is 0 Å². The number of amides is 2. The Morgan fingerprint density at radius 2 is 1.81 bits per heavy atom. The monoisotopic (exact) mass is 298 g/mol. The molecule has 0 radical (unpaired) electrons. The molecule has 2 aliphatic heterocycles. The van der Waals surface area contributed by atoms with E-state index in [4.69, 9.17) is 9.84 Å². The highest BCUT2D eigenvalue weighted by Crippen LogP contribution is 2.23. The molecule has 0 aromatic heterocycles. The number of urea groups is 1. The summed E-state index contributed by atoms with van der Waals surface area (Å²) in [6.45, 7) is 5.72. The van der Waals surface area contributed by atoms with Crippen molar-refractivity contribution in [3.63, 3.8) is 0 Å². The molecule has 0 aromatic rings. The van der Waals surface area contributed by atoms with Gasteiger partial charge in [0.15, 0.2) is 0 Å². The topological polar surface area (TPSA) is 70.1 Å². The molecular formula is C15H26N2O4. The van der Waals surface area contributed by atoms with Crippen molar-refractivity contribution in [2.75, 3.05) is 32.8 Å². The predicted octanol–water partition coefficient (Wildman–Crippen LogP) is 1.79. The van der Waals surface area contributed by atoms with E-state index < -0.39 is 5.97 Å². The van der Waals surface area contributed by atoms with Crippen LogP contribution in [0.1, 0.15) is 39.0 Å². The number of carbonyl (C=O) groups is 2. The first-order valence-corrected chi connectivity index (χ1v) is 7.97. The number of carboxylic acid groups (broad SMARTS) is 1. The van der Waals surface area contributed by atoms with Crippen molar-refractivity contribution in [1.29, 1.82) is 0 Å². The molecule has 0 spiro atoms. The molecule has 21 heavy (non-hydrogen) atoms. The lowest BCUT2D eigenvalue weighted by atomic mass is 10.0. The zero-order valence-corrected chi connectivity index (χ0v) is 12.8. The molecule has 1 unspecified atom stereocenters. The highest BCUT2D eigenvalue weighted by Gasteiger charge is 2.31. The Morgan fingerprint density at radius 1 is 1.14 bits per heavy atom. The van der Waals surface area contributed by atoms with E-state index in [9.17, 15) is 9.59 Å². The van der Waals surface area contributed by atoms with Gasteiger partial charge in [-0.3, -0.25) is 4.79 Å². The van der Waals surface area contributed by atoms with Gasteiger partial charge in [-0.1, -0.05) is 0 Å². The molecule has 2 saturated heterocycles. The van der Waals surface area contributed by atoms with Crippen LogP contribution in [0.15, 0.2) is 0 Å². The Bertz CT molecular complexity index is 367. The number of hydrogen-bond acceptors (Lipinski definition) is 3. The van der Waals surface area contributed by atoms with Gasteiger partial charge in [-0.25, -0.2) is 4.79 Å².